The minimum Gasteiger partial charge on any atom is -0.496 e. The molecule has 0 aliphatic rings. The average molecular weight is 314 g/mol. The summed E-state index contributed by atoms with van der Waals surface area (Å²) in [5.74, 6) is 0.0659. The van der Waals surface area contributed by atoms with Crippen LogP contribution in [0, 0.1) is 6.92 Å². The molecule has 0 bridgehead atoms. The van der Waals surface area contributed by atoms with Gasteiger partial charge in [0, 0.05) is 11.8 Å². The third-order valence-electron chi connectivity index (χ3n) is 2.68. The van der Waals surface area contributed by atoms with Gasteiger partial charge in [0.1, 0.15) is 5.75 Å². The van der Waals surface area contributed by atoms with Gasteiger partial charge in [-0.25, -0.2) is 0 Å². The number of rotatable bonds is 4. The number of H-pyrrole nitrogens is 1. The summed E-state index contributed by atoms with van der Waals surface area (Å²) in [6, 6.07) is 4.84. The van der Waals surface area contributed by atoms with Crippen molar-refractivity contribution in [3.05, 3.63) is 45.2 Å². The molecular weight excluding hydrogens is 301 g/mol. The van der Waals surface area contributed by atoms with Crippen molar-refractivity contribution in [3.8, 4) is 5.75 Å². The highest BCUT2D eigenvalue weighted by Crippen LogP contribution is 2.30. The Kier molecular flexibility index (Phi) is 4.52. The van der Waals surface area contributed by atoms with E-state index in [2.05, 4.69) is 15.5 Å². The Labute approximate surface area is 126 Å². The summed E-state index contributed by atoms with van der Waals surface area (Å²) in [6.45, 7) is 2.20. The third-order valence-corrected chi connectivity index (χ3v) is 3.40. The zero-order valence-electron chi connectivity index (χ0n) is 11.0. The molecule has 2 aromatic rings. The lowest BCUT2D eigenvalue weighted by Crippen LogP contribution is -2.23. The maximum Gasteiger partial charge on any atom is 0.255 e. The number of aromatic amines is 1. The number of benzene rings is 1. The predicted molar refractivity (Wildman–Crippen MR) is 77.5 cm³/mol. The molecule has 0 unspecified atom stereocenters. The van der Waals surface area contributed by atoms with E-state index < -0.39 is 0 Å². The standard InChI is InChI=1S/C13H13Cl2N3O2/c1-7-3-8(18-17-7)6-16-13(19)9-4-10(14)11(15)5-12(9)20-2/h3-5H,6H2,1-2H3,(H,16,19)(H,17,18). The smallest absolute Gasteiger partial charge is 0.255 e. The van der Waals surface area contributed by atoms with E-state index in [1.807, 2.05) is 13.0 Å². The first kappa shape index (κ1) is 14.7. The van der Waals surface area contributed by atoms with Crippen LogP contribution in [-0.2, 0) is 6.54 Å². The first-order chi connectivity index (χ1) is 9.51. The zero-order valence-corrected chi connectivity index (χ0v) is 12.5. The molecule has 1 heterocycles. The number of hydrogen-bond donors (Lipinski definition) is 2. The Morgan fingerprint density at radius 2 is 2.05 bits per heavy atom. The van der Waals surface area contributed by atoms with Crippen LogP contribution in [0.1, 0.15) is 21.7 Å². The number of amides is 1. The van der Waals surface area contributed by atoms with Gasteiger partial charge in [-0.2, -0.15) is 5.10 Å². The van der Waals surface area contributed by atoms with E-state index in [0.29, 0.717) is 27.9 Å². The molecular formula is C13H13Cl2N3O2. The van der Waals surface area contributed by atoms with Gasteiger partial charge in [-0.15, -0.1) is 0 Å². The second-order valence-corrected chi connectivity index (χ2v) is 5.01. The number of carbonyl (C=O) groups excluding carboxylic acids is 1. The molecule has 0 aliphatic carbocycles. The van der Waals surface area contributed by atoms with Crippen molar-refractivity contribution in [1.29, 1.82) is 0 Å². The van der Waals surface area contributed by atoms with E-state index in [9.17, 15) is 4.79 Å². The van der Waals surface area contributed by atoms with Crippen molar-refractivity contribution in [3.63, 3.8) is 0 Å². The summed E-state index contributed by atoms with van der Waals surface area (Å²) >= 11 is 11.8. The van der Waals surface area contributed by atoms with Crippen LogP contribution in [0.25, 0.3) is 0 Å². The van der Waals surface area contributed by atoms with Gasteiger partial charge in [-0.3, -0.25) is 9.89 Å². The van der Waals surface area contributed by atoms with E-state index in [1.165, 1.54) is 19.2 Å². The maximum atomic E-state index is 12.1. The topological polar surface area (TPSA) is 67.0 Å². The van der Waals surface area contributed by atoms with Crippen molar-refractivity contribution < 1.29 is 9.53 Å². The van der Waals surface area contributed by atoms with Crippen molar-refractivity contribution in [2.24, 2.45) is 0 Å². The Morgan fingerprint density at radius 1 is 1.35 bits per heavy atom. The van der Waals surface area contributed by atoms with Gasteiger partial charge in [-0.05, 0) is 19.1 Å². The first-order valence-corrected chi connectivity index (χ1v) is 6.59. The molecule has 7 heteroatoms. The van der Waals surface area contributed by atoms with E-state index in [0.717, 1.165) is 11.4 Å². The van der Waals surface area contributed by atoms with Gasteiger partial charge in [0.05, 0.1) is 35.0 Å². The van der Waals surface area contributed by atoms with Crippen molar-refractivity contribution in [1.82, 2.24) is 15.5 Å². The summed E-state index contributed by atoms with van der Waals surface area (Å²) in [5, 5.41) is 10.2. The van der Waals surface area contributed by atoms with Gasteiger partial charge in [0.2, 0.25) is 0 Å². The van der Waals surface area contributed by atoms with Gasteiger partial charge < -0.3 is 10.1 Å². The van der Waals surface area contributed by atoms with Crippen LogP contribution in [0.2, 0.25) is 10.0 Å². The molecule has 2 N–H and O–H groups in total. The van der Waals surface area contributed by atoms with E-state index >= 15 is 0 Å². The fourth-order valence-corrected chi connectivity index (χ4v) is 2.02. The molecule has 2 rings (SSSR count). The van der Waals surface area contributed by atoms with Gasteiger partial charge >= 0.3 is 0 Å². The van der Waals surface area contributed by atoms with Crippen LogP contribution >= 0.6 is 23.2 Å². The second-order valence-electron chi connectivity index (χ2n) is 4.19. The van der Waals surface area contributed by atoms with E-state index in [1.54, 1.807) is 0 Å². The van der Waals surface area contributed by atoms with Crippen molar-refractivity contribution in [2.75, 3.05) is 7.11 Å². The zero-order chi connectivity index (χ0) is 14.7. The van der Waals surface area contributed by atoms with Gasteiger partial charge in [0.25, 0.3) is 5.91 Å². The van der Waals surface area contributed by atoms with Crippen LogP contribution in [0.5, 0.6) is 5.75 Å². The Balaban J connectivity index is 2.14. The lowest BCUT2D eigenvalue weighted by molar-refractivity contribution is 0.0947. The summed E-state index contributed by atoms with van der Waals surface area (Å²) < 4.78 is 5.13. The minimum atomic E-state index is -0.305. The molecule has 5 nitrogen and oxygen atoms in total. The van der Waals surface area contributed by atoms with Crippen LogP contribution < -0.4 is 10.1 Å². The number of carbonyl (C=O) groups is 1. The summed E-state index contributed by atoms with van der Waals surface area (Å²) in [4.78, 5) is 12.1. The summed E-state index contributed by atoms with van der Waals surface area (Å²) in [6.07, 6.45) is 0. The molecule has 0 radical (unpaired) electrons. The van der Waals surface area contributed by atoms with Crippen LogP contribution in [0.3, 0.4) is 0 Å². The number of ether oxygens (including phenoxy) is 1. The average Bonchev–Trinajstić information content (AvgIpc) is 2.84. The fourth-order valence-electron chi connectivity index (χ4n) is 1.71. The number of nitrogens with one attached hydrogen (secondary N) is 2. The third kappa shape index (κ3) is 3.23. The van der Waals surface area contributed by atoms with Gasteiger partial charge in [-0.1, -0.05) is 23.2 Å². The Bertz CT molecular complexity index is 641. The van der Waals surface area contributed by atoms with E-state index in [-0.39, 0.29) is 5.91 Å². The number of methoxy groups -OCH3 is 1. The number of halogens is 2. The molecule has 0 aliphatic heterocycles. The monoisotopic (exact) mass is 313 g/mol. The summed E-state index contributed by atoms with van der Waals surface area (Å²) in [5.41, 5.74) is 2.01. The lowest BCUT2D eigenvalue weighted by atomic mass is 10.2. The minimum absolute atomic E-state index is 0.299. The number of aryl methyl sites for hydroxylation is 1. The predicted octanol–water partition coefficient (Wildman–Crippen LogP) is 2.96. The SMILES string of the molecule is COc1cc(Cl)c(Cl)cc1C(=O)NCc1cc(C)[nH]n1. The van der Waals surface area contributed by atoms with Crippen LogP contribution in [0.4, 0.5) is 0 Å². The molecule has 0 spiro atoms. The molecule has 1 aromatic carbocycles. The molecule has 1 aromatic heterocycles. The number of aromatic nitrogens is 2. The van der Waals surface area contributed by atoms with Crippen LogP contribution in [0.15, 0.2) is 18.2 Å². The van der Waals surface area contributed by atoms with Crippen molar-refractivity contribution in [2.45, 2.75) is 13.5 Å². The molecule has 0 fully saturated rings. The molecule has 106 valence electrons. The second kappa shape index (κ2) is 6.15. The highest BCUT2D eigenvalue weighted by atomic mass is 35.5. The molecule has 0 saturated carbocycles. The van der Waals surface area contributed by atoms with E-state index in [4.69, 9.17) is 27.9 Å². The largest absolute Gasteiger partial charge is 0.496 e. The van der Waals surface area contributed by atoms with Crippen molar-refractivity contribution >= 4 is 29.1 Å². The van der Waals surface area contributed by atoms with Gasteiger partial charge in [0.15, 0.2) is 0 Å². The first-order valence-electron chi connectivity index (χ1n) is 5.83. The quantitative estimate of drug-likeness (QED) is 0.912. The highest BCUT2D eigenvalue weighted by Gasteiger charge is 2.15. The lowest BCUT2D eigenvalue weighted by Gasteiger charge is -2.10. The normalized spacial score (nSPS) is 10.4. The molecule has 0 atom stereocenters. The maximum absolute atomic E-state index is 12.1. The van der Waals surface area contributed by atoms with Crippen LogP contribution in [-0.4, -0.2) is 23.2 Å². The number of nitrogens with zero attached hydrogens (tertiary/aromatic N) is 1. The molecule has 0 saturated heterocycles. The Morgan fingerprint density at radius 3 is 2.65 bits per heavy atom. The highest BCUT2D eigenvalue weighted by molar-refractivity contribution is 6.42. The molecule has 1 amide bonds. The Hall–Kier alpha value is -1.72. The molecule has 20 heavy (non-hydrogen) atoms. The summed E-state index contributed by atoms with van der Waals surface area (Å²) in [7, 11) is 1.47. The number of hydrogen-bond acceptors (Lipinski definition) is 3. The fraction of sp³-hybridized carbons (Fsp3) is 0.231.